The Morgan fingerprint density at radius 3 is 2.84 bits per heavy atom. The van der Waals surface area contributed by atoms with Gasteiger partial charge >= 0.3 is 0 Å². The maximum absolute atomic E-state index is 9.87. The van der Waals surface area contributed by atoms with E-state index in [-0.39, 0.29) is 0 Å². The second-order valence-corrected chi connectivity index (χ2v) is 5.82. The molecule has 1 saturated carbocycles. The summed E-state index contributed by atoms with van der Waals surface area (Å²) in [6.45, 7) is 4.98. The molecule has 0 bridgehead atoms. The third kappa shape index (κ3) is 4.68. The van der Waals surface area contributed by atoms with E-state index < -0.39 is 6.10 Å². The third-order valence-electron chi connectivity index (χ3n) is 3.58. The zero-order chi connectivity index (χ0) is 13.8. The summed E-state index contributed by atoms with van der Waals surface area (Å²) in [5, 5.41) is 14.0. The van der Waals surface area contributed by atoms with Crippen molar-refractivity contribution in [1.29, 1.82) is 0 Å². The fourth-order valence-electron chi connectivity index (χ4n) is 2.04. The molecule has 106 valence electrons. The van der Waals surface area contributed by atoms with E-state index in [4.69, 9.17) is 16.3 Å². The number of halogens is 1. The van der Waals surface area contributed by atoms with Crippen molar-refractivity contribution >= 4 is 11.6 Å². The summed E-state index contributed by atoms with van der Waals surface area (Å²) in [5.41, 5.74) is 0.981. The predicted octanol–water partition coefficient (Wildman–Crippen LogP) is 2.78. The van der Waals surface area contributed by atoms with Crippen molar-refractivity contribution in [2.24, 2.45) is 5.92 Å². The van der Waals surface area contributed by atoms with E-state index in [0.29, 0.717) is 19.2 Å². The number of benzene rings is 1. The van der Waals surface area contributed by atoms with Crippen LogP contribution in [-0.4, -0.2) is 30.4 Å². The molecule has 1 aliphatic rings. The average molecular weight is 284 g/mol. The van der Waals surface area contributed by atoms with Crippen molar-refractivity contribution in [1.82, 2.24) is 5.32 Å². The van der Waals surface area contributed by atoms with Crippen molar-refractivity contribution in [2.45, 2.75) is 38.8 Å². The standard InChI is InChI=1S/C15H22ClNO2/c1-10-7-14(5-6-15(10)16)19-9-13(18)8-17-11(2)12-3-4-12/h5-7,11-13,17-18H,3-4,8-9H2,1-2H3/t11-,13-/m1/s1. The molecule has 3 nitrogen and oxygen atoms in total. The molecule has 0 amide bonds. The van der Waals surface area contributed by atoms with Gasteiger partial charge < -0.3 is 15.2 Å². The second-order valence-electron chi connectivity index (χ2n) is 5.41. The quantitative estimate of drug-likeness (QED) is 0.808. The summed E-state index contributed by atoms with van der Waals surface area (Å²) < 4.78 is 5.56. The smallest absolute Gasteiger partial charge is 0.119 e. The van der Waals surface area contributed by atoms with Gasteiger partial charge in [0.15, 0.2) is 0 Å². The molecule has 1 aromatic rings. The maximum atomic E-state index is 9.87. The van der Waals surface area contributed by atoms with E-state index >= 15 is 0 Å². The first kappa shape index (κ1) is 14.6. The van der Waals surface area contributed by atoms with Crippen LogP contribution in [-0.2, 0) is 0 Å². The third-order valence-corrected chi connectivity index (χ3v) is 4.00. The van der Waals surface area contributed by atoms with Gasteiger partial charge in [0.25, 0.3) is 0 Å². The SMILES string of the molecule is Cc1cc(OC[C@H](O)CN[C@H](C)C2CC2)ccc1Cl. The van der Waals surface area contributed by atoms with Gasteiger partial charge in [-0.25, -0.2) is 0 Å². The van der Waals surface area contributed by atoms with Crippen LogP contribution in [0.1, 0.15) is 25.3 Å². The summed E-state index contributed by atoms with van der Waals surface area (Å²) in [4.78, 5) is 0. The largest absolute Gasteiger partial charge is 0.491 e. The minimum absolute atomic E-state index is 0.297. The zero-order valence-electron chi connectivity index (χ0n) is 11.5. The molecule has 0 unspecified atom stereocenters. The van der Waals surface area contributed by atoms with Crippen molar-refractivity contribution in [2.75, 3.05) is 13.2 Å². The van der Waals surface area contributed by atoms with Gasteiger partial charge in [-0.05, 0) is 56.4 Å². The molecule has 0 saturated heterocycles. The van der Waals surface area contributed by atoms with Gasteiger partial charge in [-0.1, -0.05) is 11.6 Å². The molecule has 0 aliphatic heterocycles. The first-order valence-electron chi connectivity index (χ1n) is 6.86. The molecule has 1 aliphatic carbocycles. The lowest BCUT2D eigenvalue weighted by atomic mass is 10.2. The number of aryl methyl sites for hydroxylation is 1. The van der Waals surface area contributed by atoms with Crippen molar-refractivity contribution in [3.63, 3.8) is 0 Å². The van der Waals surface area contributed by atoms with Crippen LogP contribution in [0.4, 0.5) is 0 Å². The van der Waals surface area contributed by atoms with Crippen LogP contribution < -0.4 is 10.1 Å². The Hall–Kier alpha value is -0.770. The Kier molecular flexibility index (Phi) is 5.08. The Labute approximate surface area is 119 Å². The van der Waals surface area contributed by atoms with Gasteiger partial charge in [0, 0.05) is 17.6 Å². The van der Waals surface area contributed by atoms with Crippen LogP contribution in [0.2, 0.25) is 5.02 Å². The molecule has 0 aromatic heterocycles. The minimum atomic E-state index is -0.489. The van der Waals surface area contributed by atoms with E-state index in [9.17, 15) is 5.11 Å². The van der Waals surface area contributed by atoms with Gasteiger partial charge in [0.1, 0.15) is 18.5 Å². The molecule has 4 heteroatoms. The number of ether oxygens (including phenoxy) is 1. The van der Waals surface area contributed by atoms with E-state index in [1.165, 1.54) is 12.8 Å². The lowest BCUT2D eigenvalue weighted by Gasteiger charge is -2.17. The first-order valence-corrected chi connectivity index (χ1v) is 7.24. The molecule has 1 aromatic carbocycles. The molecule has 2 rings (SSSR count). The fraction of sp³-hybridized carbons (Fsp3) is 0.600. The highest BCUT2D eigenvalue weighted by Gasteiger charge is 2.27. The summed E-state index contributed by atoms with van der Waals surface area (Å²) in [5.74, 6) is 1.54. The Bertz CT molecular complexity index is 421. The van der Waals surface area contributed by atoms with E-state index in [1.54, 1.807) is 0 Å². The van der Waals surface area contributed by atoms with Gasteiger partial charge in [-0.2, -0.15) is 0 Å². The van der Waals surface area contributed by atoms with Crippen LogP contribution >= 0.6 is 11.6 Å². The predicted molar refractivity (Wildman–Crippen MR) is 77.9 cm³/mol. The number of rotatable bonds is 7. The molecule has 0 heterocycles. The summed E-state index contributed by atoms with van der Waals surface area (Å²) in [6, 6.07) is 6.01. The van der Waals surface area contributed by atoms with Gasteiger partial charge in [0.2, 0.25) is 0 Å². The second kappa shape index (κ2) is 6.60. The molecule has 19 heavy (non-hydrogen) atoms. The Morgan fingerprint density at radius 1 is 1.47 bits per heavy atom. The van der Waals surface area contributed by atoms with Crippen LogP contribution in [0.25, 0.3) is 0 Å². The number of hydrogen-bond acceptors (Lipinski definition) is 3. The highest BCUT2D eigenvalue weighted by Crippen LogP contribution is 2.32. The zero-order valence-corrected chi connectivity index (χ0v) is 12.3. The molecule has 1 fully saturated rings. The van der Waals surface area contributed by atoms with Crippen LogP contribution in [0, 0.1) is 12.8 Å². The van der Waals surface area contributed by atoms with Crippen molar-refractivity contribution in [3.8, 4) is 5.75 Å². The molecule has 2 N–H and O–H groups in total. The number of aliphatic hydroxyl groups excluding tert-OH is 1. The van der Waals surface area contributed by atoms with E-state index in [0.717, 1.165) is 22.3 Å². The van der Waals surface area contributed by atoms with E-state index in [2.05, 4.69) is 12.2 Å². The summed E-state index contributed by atoms with van der Waals surface area (Å²) in [6.07, 6.45) is 2.13. The molecule has 0 radical (unpaired) electrons. The number of aliphatic hydroxyl groups is 1. The average Bonchev–Trinajstić information content (AvgIpc) is 3.21. The van der Waals surface area contributed by atoms with Crippen LogP contribution in [0.15, 0.2) is 18.2 Å². The normalized spacial score (nSPS) is 18.1. The topological polar surface area (TPSA) is 41.5 Å². The maximum Gasteiger partial charge on any atom is 0.119 e. The van der Waals surface area contributed by atoms with E-state index in [1.807, 2.05) is 25.1 Å². The minimum Gasteiger partial charge on any atom is -0.491 e. The number of nitrogens with one attached hydrogen (secondary N) is 1. The molecular weight excluding hydrogens is 262 g/mol. The molecular formula is C15H22ClNO2. The van der Waals surface area contributed by atoms with Gasteiger partial charge in [0.05, 0.1) is 0 Å². The molecule has 0 spiro atoms. The van der Waals surface area contributed by atoms with Crippen LogP contribution in [0.3, 0.4) is 0 Å². The number of hydrogen-bond donors (Lipinski definition) is 2. The van der Waals surface area contributed by atoms with Crippen molar-refractivity contribution < 1.29 is 9.84 Å². The summed E-state index contributed by atoms with van der Waals surface area (Å²) in [7, 11) is 0. The Balaban J connectivity index is 1.70. The highest BCUT2D eigenvalue weighted by molar-refractivity contribution is 6.31. The van der Waals surface area contributed by atoms with Gasteiger partial charge in [-0.15, -0.1) is 0 Å². The first-order chi connectivity index (χ1) is 9.06. The molecule has 2 atom stereocenters. The monoisotopic (exact) mass is 283 g/mol. The van der Waals surface area contributed by atoms with Crippen molar-refractivity contribution in [3.05, 3.63) is 28.8 Å². The summed E-state index contributed by atoms with van der Waals surface area (Å²) >= 11 is 5.95. The lowest BCUT2D eigenvalue weighted by molar-refractivity contribution is 0.103. The fourth-order valence-corrected chi connectivity index (χ4v) is 2.16. The Morgan fingerprint density at radius 2 is 2.21 bits per heavy atom. The lowest BCUT2D eigenvalue weighted by Crippen LogP contribution is -2.37. The van der Waals surface area contributed by atoms with Crippen LogP contribution in [0.5, 0.6) is 5.75 Å². The highest BCUT2D eigenvalue weighted by atomic mass is 35.5. The van der Waals surface area contributed by atoms with Gasteiger partial charge in [-0.3, -0.25) is 0 Å².